The standard InChI is InChI=1S/C14H27N2.CH2O3/c1-3-4-5-6-7-8-9-10-11-16-13-12-15(2)14-16;2-1(3)4/h12-14H,3-11H2,1-2H3;(H2,2,3,4)/q+1;/p-1. The highest BCUT2D eigenvalue weighted by atomic mass is 16.6. The first-order valence-electron chi connectivity index (χ1n) is 7.47. The third-order valence-electron chi connectivity index (χ3n) is 3.09. The smallest absolute Gasteiger partial charge is 0.249 e. The van der Waals surface area contributed by atoms with Gasteiger partial charge in [-0.15, -0.1) is 0 Å². The van der Waals surface area contributed by atoms with Crippen molar-refractivity contribution in [2.45, 2.75) is 64.8 Å². The summed E-state index contributed by atoms with van der Waals surface area (Å²) < 4.78 is 4.38. The Bertz CT molecular complexity index is 347. The Hall–Kier alpha value is -1.52. The van der Waals surface area contributed by atoms with Crippen molar-refractivity contribution >= 4 is 6.16 Å². The van der Waals surface area contributed by atoms with E-state index >= 15 is 0 Å². The molecule has 0 fully saturated rings. The van der Waals surface area contributed by atoms with Crippen molar-refractivity contribution in [3.05, 3.63) is 18.7 Å². The molecule has 0 aromatic carbocycles. The average molecular weight is 284 g/mol. The zero-order chi connectivity index (χ0) is 15.2. The first-order valence-corrected chi connectivity index (χ1v) is 7.47. The molecule has 116 valence electrons. The molecule has 0 saturated heterocycles. The summed E-state index contributed by atoms with van der Waals surface area (Å²) in [6.07, 6.45) is 15.5. The summed E-state index contributed by atoms with van der Waals surface area (Å²) in [5.74, 6) is 0. The molecule has 1 heterocycles. The van der Waals surface area contributed by atoms with E-state index < -0.39 is 6.16 Å². The van der Waals surface area contributed by atoms with Gasteiger partial charge in [-0.05, 0) is 12.8 Å². The molecular formula is C15H28N2O3. The van der Waals surface area contributed by atoms with E-state index in [9.17, 15) is 0 Å². The van der Waals surface area contributed by atoms with E-state index in [-0.39, 0.29) is 0 Å². The Morgan fingerprint density at radius 3 is 2.10 bits per heavy atom. The van der Waals surface area contributed by atoms with Crippen LogP contribution in [0.25, 0.3) is 0 Å². The second-order valence-corrected chi connectivity index (χ2v) is 5.06. The topological polar surface area (TPSA) is 69.2 Å². The number of imidazole rings is 1. The third kappa shape index (κ3) is 12.9. The maximum Gasteiger partial charge on any atom is 0.249 e. The van der Waals surface area contributed by atoms with Gasteiger partial charge in [0.1, 0.15) is 12.4 Å². The lowest BCUT2D eigenvalue weighted by atomic mass is 10.1. The van der Waals surface area contributed by atoms with Gasteiger partial charge >= 0.3 is 0 Å². The molecule has 0 spiro atoms. The summed E-state index contributed by atoms with van der Waals surface area (Å²) in [4.78, 5) is 8.44. The van der Waals surface area contributed by atoms with Gasteiger partial charge in [-0.1, -0.05) is 45.4 Å². The summed E-state index contributed by atoms with van der Waals surface area (Å²) in [5.41, 5.74) is 0. The number of rotatable bonds is 9. The highest BCUT2D eigenvalue weighted by molar-refractivity contribution is 5.50. The van der Waals surface area contributed by atoms with Crippen LogP contribution in [0.2, 0.25) is 0 Å². The van der Waals surface area contributed by atoms with Gasteiger partial charge < -0.3 is 15.0 Å². The summed E-state index contributed by atoms with van der Waals surface area (Å²) in [5, 5.41) is 15.3. The molecule has 5 heteroatoms. The molecule has 1 rings (SSSR count). The van der Waals surface area contributed by atoms with E-state index in [1.54, 1.807) is 0 Å². The summed E-state index contributed by atoms with van der Waals surface area (Å²) in [6.45, 7) is 3.45. The number of carbonyl (C=O) groups is 1. The van der Waals surface area contributed by atoms with Gasteiger partial charge in [0.25, 0.3) is 0 Å². The number of unbranched alkanes of at least 4 members (excludes halogenated alkanes) is 7. The summed E-state index contributed by atoms with van der Waals surface area (Å²) >= 11 is 0. The fourth-order valence-electron chi connectivity index (χ4n) is 2.06. The fraction of sp³-hybridized carbons (Fsp3) is 0.733. The Morgan fingerprint density at radius 1 is 1.15 bits per heavy atom. The van der Waals surface area contributed by atoms with E-state index in [2.05, 4.69) is 41.8 Å². The lowest BCUT2D eigenvalue weighted by Gasteiger charge is -2.00. The van der Waals surface area contributed by atoms with Crippen LogP contribution in [0.5, 0.6) is 0 Å². The Morgan fingerprint density at radius 2 is 1.65 bits per heavy atom. The maximum absolute atomic E-state index is 8.44. The molecule has 0 aliphatic carbocycles. The van der Waals surface area contributed by atoms with Crippen LogP contribution < -0.4 is 9.67 Å². The highest BCUT2D eigenvalue weighted by Gasteiger charge is 1.98. The van der Waals surface area contributed by atoms with Crippen molar-refractivity contribution in [3.8, 4) is 0 Å². The molecule has 1 N–H and O–H groups in total. The minimum absolute atomic E-state index is 1.18. The molecule has 0 unspecified atom stereocenters. The molecule has 0 atom stereocenters. The van der Waals surface area contributed by atoms with Crippen molar-refractivity contribution in [3.63, 3.8) is 0 Å². The largest absolute Gasteiger partial charge is 0.565 e. The first kappa shape index (κ1) is 18.5. The Kier molecular flexibility index (Phi) is 11.6. The van der Waals surface area contributed by atoms with E-state index in [0.717, 1.165) is 0 Å². The van der Waals surface area contributed by atoms with Crippen LogP contribution in [0.1, 0.15) is 58.3 Å². The number of hydrogen-bond donors (Lipinski definition) is 1. The fourth-order valence-corrected chi connectivity index (χ4v) is 2.06. The van der Waals surface area contributed by atoms with Gasteiger partial charge in [0.2, 0.25) is 12.5 Å². The highest BCUT2D eigenvalue weighted by Crippen LogP contribution is 2.08. The van der Waals surface area contributed by atoms with Gasteiger partial charge in [0.05, 0.1) is 13.6 Å². The quantitative estimate of drug-likeness (QED) is 0.559. The van der Waals surface area contributed by atoms with E-state index in [0.29, 0.717) is 0 Å². The third-order valence-corrected chi connectivity index (χ3v) is 3.09. The minimum Gasteiger partial charge on any atom is -0.565 e. The van der Waals surface area contributed by atoms with Gasteiger partial charge in [-0.2, -0.15) is 0 Å². The van der Waals surface area contributed by atoms with Crippen molar-refractivity contribution in [2.75, 3.05) is 0 Å². The Balaban J connectivity index is 0.000000796. The van der Waals surface area contributed by atoms with E-state index in [1.165, 1.54) is 57.9 Å². The second kappa shape index (κ2) is 12.5. The molecule has 0 amide bonds. The SMILES string of the molecule is CCCCCCCCCCn1cc[n+](C)c1.O=C([O-])O. The Labute approximate surface area is 121 Å². The molecule has 0 aliphatic heterocycles. The molecule has 20 heavy (non-hydrogen) atoms. The molecule has 0 radical (unpaired) electrons. The monoisotopic (exact) mass is 284 g/mol. The van der Waals surface area contributed by atoms with Gasteiger partial charge in [0, 0.05) is 0 Å². The van der Waals surface area contributed by atoms with E-state index in [4.69, 9.17) is 15.0 Å². The minimum atomic E-state index is -2.08. The van der Waals surface area contributed by atoms with Gasteiger partial charge in [-0.3, -0.25) is 0 Å². The molecule has 0 bridgehead atoms. The van der Waals surface area contributed by atoms with Crippen LogP contribution in [-0.4, -0.2) is 15.8 Å². The zero-order valence-corrected chi connectivity index (χ0v) is 12.8. The predicted molar refractivity (Wildman–Crippen MR) is 76.2 cm³/mol. The summed E-state index contributed by atoms with van der Waals surface area (Å²) in [7, 11) is 2.07. The maximum atomic E-state index is 8.44. The second-order valence-electron chi connectivity index (χ2n) is 5.06. The molecule has 1 aromatic heterocycles. The van der Waals surface area contributed by atoms with Gasteiger partial charge in [-0.25, -0.2) is 9.13 Å². The molecule has 1 aromatic rings. The molecule has 5 nitrogen and oxygen atoms in total. The number of aryl methyl sites for hydroxylation is 2. The van der Waals surface area contributed by atoms with Crippen LogP contribution >= 0.6 is 0 Å². The lowest BCUT2D eigenvalue weighted by Crippen LogP contribution is -2.23. The van der Waals surface area contributed by atoms with E-state index in [1.807, 2.05) is 0 Å². The molecule has 0 saturated carbocycles. The van der Waals surface area contributed by atoms with Gasteiger partial charge in [0.15, 0.2) is 0 Å². The molecular weight excluding hydrogens is 256 g/mol. The van der Waals surface area contributed by atoms with Crippen molar-refractivity contribution in [1.82, 2.24) is 4.57 Å². The number of aromatic nitrogens is 2. The van der Waals surface area contributed by atoms with Crippen LogP contribution in [0.3, 0.4) is 0 Å². The van der Waals surface area contributed by atoms with Crippen molar-refractivity contribution in [1.29, 1.82) is 0 Å². The number of hydrogen-bond acceptors (Lipinski definition) is 2. The lowest BCUT2D eigenvalue weighted by molar-refractivity contribution is -0.671. The van der Waals surface area contributed by atoms with Crippen LogP contribution in [-0.2, 0) is 13.6 Å². The predicted octanol–water partition coefficient (Wildman–Crippen LogP) is 2.34. The number of nitrogens with zero attached hydrogens (tertiary/aromatic N) is 2. The van der Waals surface area contributed by atoms with Crippen LogP contribution in [0, 0.1) is 0 Å². The van der Waals surface area contributed by atoms with Crippen molar-refractivity contribution < 1.29 is 19.6 Å². The van der Waals surface area contributed by atoms with Crippen LogP contribution in [0.15, 0.2) is 18.7 Å². The first-order chi connectivity index (χ1) is 9.56. The molecule has 0 aliphatic rings. The van der Waals surface area contributed by atoms with Crippen molar-refractivity contribution in [2.24, 2.45) is 7.05 Å². The summed E-state index contributed by atoms with van der Waals surface area (Å²) in [6, 6.07) is 0. The van der Waals surface area contributed by atoms with Crippen LogP contribution in [0.4, 0.5) is 4.79 Å². The zero-order valence-electron chi connectivity index (χ0n) is 12.8. The average Bonchev–Trinajstić information content (AvgIpc) is 2.78. The normalized spacial score (nSPS) is 9.90. The number of carboxylic acid groups (broad SMARTS) is 2.